The summed E-state index contributed by atoms with van der Waals surface area (Å²) in [6.07, 6.45) is -3.24. The van der Waals surface area contributed by atoms with E-state index in [0.717, 1.165) is 30.6 Å². The monoisotopic (exact) mass is 545 g/mol. The summed E-state index contributed by atoms with van der Waals surface area (Å²) in [5, 5.41) is 3.59. The molecule has 4 rings (SSSR count). The lowest BCUT2D eigenvalue weighted by molar-refractivity contribution is -0.174. The van der Waals surface area contributed by atoms with Gasteiger partial charge in [0.1, 0.15) is 0 Å². The highest BCUT2D eigenvalue weighted by molar-refractivity contribution is 5.96. The fraction of sp³-hybridized carbons (Fsp3) is 0.464. The summed E-state index contributed by atoms with van der Waals surface area (Å²) in [5.74, 6) is -3.16. The molecule has 0 aromatic heterocycles. The molecule has 8 nitrogen and oxygen atoms in total. The number of nitrogens with one attached hydrogen (secondary N) is 3. The molecule has 3 N–H and O–H groups in total. The van der Waals surface area contributed by atoms with E-state index < -0.39 is 18.0 Å². The first-order valence-electron chi connectivity index (χ1n) is 12.9. The summed E-state index contributed by atoms with van der Waals surface area (Å²) < 4.78 is 37.0. The van der Waals surface area contributed by atoms with Crippen molar-refractivity contribution in [3.8, 4) is 0 Å². The first-order valence-corrected chi connectivity index (χ1v) is 12.9. The summed E-state index contributed by atoms with van der Waals surface area (Å²) in [5.41, 5.74) is 4.96. The topological polar surface area (TPSA) is 93.8 Å². The number of carbonyl (C=O) groups excluding carboxylic acids is 3. The van der Waals surface area contributed by atoms with Gasteiger partial charge in [-0.2, -0.15) is 13.2 Å². The number of piperidine rings is 1. The molecule has 2 aromatic carbocycles. The number of nitrogens with zero attached hydrogens (tertiary/aromatic N) is 2. The fourth-order valence-corrected chi connectivity index (χ4v) is 5.58. The number of halogens is 3. The third-order valence-corrected chi connectivity index (χ3v) is 7.57. The maximum Gasteiger partial charge on any atom is 0.472 e. The van der Waals surface area contributed by atoms with Crippen molar-refractivity contribution < 1.29 is 27.6 Å². The van der Waals surface area contributed by atoms with Crippen LogP contribution in [0.2, 0.25) is 0 Å². The highest BCUT2D eigenvalue weighted by Gasteiger charge is 2.53. The van der Waals surface area contributed by atoms with Gasteiger partial charge in [-0.3, -0.25) is 25.3 Å². The van der Waals surface area contributed by atoms with E-state index >= 15 is 0 Å². The van der Waals surface area contributed by atoms with Gasteiger partial charge in [-0.15, -0.1) is 0 Å². The zero-order valence-electron chi connectivity index (χ0n) is 22.3. The molecule has 0 saturated carbocycles. The number of carbonyl (C=O) groups is 3. The molecule has 210 valence electrons. The predicted octanol–water partition coefficient (Wildman–Crippen LogP) is 4.24. The fourth-order valence-electron chi connectivity index (χ4n) is 5.58. The lowest BCUT2D eigenvalue weighted by Crippen LogP contribution is -2.70. The van der Waals surface area contributed by atoms with Gasteiger partial charge >= 0.3 is 18.1 Å². The van der Waals surface area contributed by atoms with Crippen LogP contribution in [0.4, 0.5) is 23.7 Å². The molecule has 2 heterocycles. The summed E-state index contributed by atoms with van der Waals surface area (Å²) in [7, 11) is 0. The third kappa shape index (κ3) is 6.35. The molecule has 2 aliphatic heterocycles. The van der Waals surface area contributed by atoms with E-state index in [4.69, 9.17) is 0 Å². The van der Waals surface area contributed by atoms with E-state index in [-0.39, 0.29) is 29.0 Å². The van der Waals surface area contributed by atoms with Crippen LogP contribution in [0.1, 0.15) is 49.5 Å². The average Bonchev–Trinajstić information content (AvgIpc) is 2.88. The van der Waals surface area contributed by atoms with E-state index in [1.165, 1.54) is 17.6 Å². The van der Waals surface area contributed by atoms with Crippen LogP contribution in [0.5, 0.6) is 0 Å². The summed E-state index contributed by atoms with van der Waals surface area (Å²) in [4.78, 5) is 40.4. The Morgan fingerprint density at radius 2 is 1.59 bits per heavy atom. The minimum absolute atomic E-state index is 0.0580. The van der Waals surface area contributed by atoms with Gasteiger partial charge in [0.15, 0.2) is 0 Å². The number of alkyl halides is 3. The molecule has 39 heavy (non-hydrogen) atoms. The van der Waals surface area contributed by atoms with Crippen LogP contribution in [0, 0.1) is 10.8 Å². The molecule has 2 aliphatic rings. The second kappa shape index (κ2) is 10.9. The molecule has 11 heteroatoms. The largest absolute Gasteiger partial charge is 0.472 e. The molecule has 0 aliphatic carbocycles. The second-order valence-corrected chi connectivity index (χ2v) is 11.3. The predicted molar refractivity (Wildman–Crippen MR) is 141 cm³/mol. The van der Waals surface area contributed by atoms with Gasteiger partial charge in [0.2, 0.25) is 0 Å². The number of likely N-dealkylation sites (tertiary alicyclic amines) is 1. The smallest absolute Gasteiger partial charge is 0.324 e. The van der Waals surface area contributed by atoms with E-state index in [2.05, 4.69) is 26.1 Å². The van der Waals surface area contributed by atoms with Gasteiger partial charge in [0.05, 0.1) is 6.54 Å². The molecule has 2 saturated heterocycles. The summed E-state index contributed by atoms with van der Waals surface area (Å²) in [6, 6.07) is 15.7. The van der Waals surface area contributed by atoms with E-state index in [1.807, 2.05) is 35.2 Å². The lowest BCUT2D eigenvalue weighted by atomic mass is 9.59. The number of rotatable bonds is 4. The molecule has 1 unspecified atom stereocenters. The van der Waals surface area contributed by atoms with Crippen molar-refractivity contribution >= 4 is 23.5 Å². The number of amides is 4. The van der Waals surface area contributed by atoms with Gasteiger partial charge in [-0.25, -0.2) is 4.79 Å². The standard InChI is InChI=1S/C28H34F3N5O3/c1-26(2,3)23-27(18-32-23)13-15-35(16-14-27)25(39)36(21-7-5-4-6-8-21)17-19-9-11-20(12-10-19)22(37)33-34-24(38)28(29,30)31/h4-12,23,32H,13-18H2,1-3H3,(H,33,37)(H,34,38). The van der Waals surface area contributed by atoms with E-state index in [9.17, 15) is 27.6 Å². The van der Waals surface area contributed by atoms with Crippen LogP contribution in [0.25, 0.3) is 0 Å². The van der Waals surface area contributed by atoms with Gasteiger partial charge in [0, 0.05) is 42.3 Å². The summed E-state index contributed by atoms with van der Waals surface area (Å²) >= 11 is 0. The Balaban J connectivity index is 1.43. The number of hydrogen-bond donors (Lipinski definition) is 3. The van der Waals surface area contributed by atoms with Crippen molar-refractivity contribution in [3.63, 3.8) is 0 Å². The van der Waals surface area contributed by atoms with Crippen molar-refractivity contribution in [2.45, 2.75) is 52.4 Å². The molecule has 4 amide bonds. The number of hydrogen-bond acceptors (Lipinski definition) is 4. The number of anilines is 1. The quantitative estimate of drug-likeness (QED) is 0.502. The second-order valence-electron chi connectivity index (χ2n) is 11.3. The maximum atomic E-state index is 13.7. The molecule has 0 bridgehead atoms. The number of urea groups is 1. The Labute approximate surface area is 225 Å². The normalized spacial score (nSPS) is 18.7. The highest BCUT2D eigenvalue weighted by Crippen LogP contribution is 2.47. The van der Waals surface area contributed by atoms with Gasteiger partial charge in [-0.05, 0) is 48.1 Å². The number of benzene rings is 2. The zero-order chi connectivity index (χ0) is 28.4. The van der Waals surface area contributed by atoms with Crippen LogP contribution in [0.15, 0.2) is 54.6 Å². The van der Waals surface area contributed by atoms with E-state index in [1.54, 1.807) is 22.5 Å². The molecule has 0 radical (unpaired) electrons. The molecular weight excluding hydrogens is 511 g/mol. The highest BCUT2D eigenvalue weighted by atomic mass is 19.4. The Morgan fingerprint density at radius 1 is 0.974 bits per heavy atom. The maximum absolute atomic E-state index is 13.7. The van der Waals surface area contributed by atoms with Crippen LogP contribution in [-0.2, 0) is 11.3 Å². The lowest BCUT2D eigenvalue weighted by Gasteiger charge is -2.59. The van der Waals surface area contributed by atoms with E-state index in [0.29, 0.717) is 19.1 Å². The van der Waals surface area contributed by atoms with Crippen LogP contribution >= 0.6 is 0 Å². The van der Waals surface area contributed by atoms with Crippen molar-refractivity contribution in [2.24, 2.45) is 10.8 Å². The zero-order valence-corrected chi connectivity index (χ0v) is 22.3. The minimum Gasteiger partial charge on any atom is -0.324 e. The van der Waals surface area contributed by atoms with Crippen molar-refractivity contribution in [1.29, 1.82) is 0 Å². The van der Waals surface area contributed by atoms with Crippen LogP contribution in [0.3, 0.4) is 0 Å². The molecular formula is C28H34F3N5O3. The van der Waals surface area contributed by atoms with Gasteiger partial charge < -0.3 is 10.2 Å². The van der Waals surface area contributed by atoms with Crippen molar-refractivity contribution in [1.82, 2.24) is 21.1 Å². The van der Waals surface area contributed by atoms with Gasteiger partial charge in [0.25, 0.3) is 5.91 Å². The van der Waals surface area contributed by atoms with Crippen LogP contribution in [-0.4, -0.2) is 54.6 Å². The Morgan fingerprint density at radius 3 is 2.10 bits per heavy atom. The van der Waals surface area contributed by atoms with Crippen LogP contribution < -0.4 is 21.1 Å². The molecule has 2 fully saturated rings. The third-order valence-electron chi connectivity index (χ3n) is 7.57. The number of para-hydroxylation sites is 1. The van der Waals surface area contributed by atoms with Gasteiger partial charge in [-0.1, -0.05) is 51.1 Å². The molecule has 2 aromatic rings. The molecule has 1 spiro atoms. The number of hydrazine groups is 1. The average molecular weight is 546 g/mol. The minimum atomic E-state index is -5.11. The Bertz CT molecular complexity index is 1190. The summed E-state index contributed by atoms with van der Waals surface area (Å²) in [6.45, 7) is 9.27. The van der Waals surface area contributed by atoms with Crippen molar-refractivity contribution in [3.05, 3.63) is 65.7 Å². The Hall–Kier alpha value is -3.60. The molecule has 1 atom stereocenters. The first kappa shape index (κ1) is 28.4. The first-order chi connectivity index (χ1) is 18.3. The SMILES string of the molecule is CC(C)(C)C1NCC12CCN(C(=O)N(Cc1ccc(C(=O)NNC(=O)C(F)(F)F)cc1)c1ccccc1)CC2. The van der Waals surface area contributed by atoms with Crippen molar-refractivity contribution in [2.75, 3.05) is 24.5 Å². The Kier molecular flexibility index (Phi) is 7.92.